The lowest BCUT2D eigenvalue weighted by Crippen LogP contribution is -1.88. The molecule has 1 heterocycles. The summed E-state index contributed by atoms with van der Waals surface area (Å²) in [5, 5.41) is 5.05. The molecule has 0 amide bonds. The minimum absolute atomic E-state index is 0.528. The van der Waals surface area contributed by atoms with Gasteiger partial charge in [-0.25, -0.2) is 4.98 Å². The SMILES string of the molecule is CC(C)c1ccc2c3ccccc3c3[nH]cnc3c2c1. The molecule has 0 aliphatic heterocycles. The van der Waals surface area contributed by atoms with Crippen LogP contribution in [0.3, 0.4) is 0 Å². The molecule has 0 aliphatic carbocycles. The van der Waals surface area contributed by atoms with E-state index in [4.69, 9.17) is 0 Å². The third-order valence-electron chi connectivity index (χ3n) is 4.09. The largest absolute Gasteiger partial charge is 0.344 e. The summed E-state index contributed by atoms with van der Waals surface area (Å²) in [4.78, 5) is 7.83. The second-order valence-corrected chi connectivity index (χ2v) is 5.63. The molecule has 0 bridgehead atoms. The van der Waals surface area contributed by atoms with Crippen LogP contribution in [0.2, 0.25) is 0 Å². The molecule has 0 saturated carbocycles. The van der Waals surface area contributed by atoms with E-state index in [1.165, 1.54) is 27.1 Å². The molecular weight excluding hydrogens is 244 g/mol. The van der Waals surface area contributed by atoms with Crippen molar-refractivity contribution in [2.24, 2.45) is 0 Å². The second kappa shape index (κ2) is 4.07. The van der Waals surface area contributed by atoms with Crippen LogP contribution < -0.4 is 0 Å². The van der Waals surface area contributed by atoms with Crippen molar-refractivity contribution in [2.75, 3.05) is 0 Å². The summed E-state index contributed by atoms with van der Waals surface area (Å²) in [6.07, 6.45) is 1.79. The van der Waals surface area contributed by atoms with Gasteiger partial charge < -0.3 is 4.98 Å². The highest BCUT2D eigenvalue weighted by Gasteiger charge is 2.11. The number of nitrogens with one attached hydrogen (secondary N) is 1. The maximum Gasteiger partial charge on any atom is 0.0967 e. The predicted octanol–water partition coefficient (Wildman–Crippen LogP) is 4.99. The van der Waals surface area contributed by atoms with Crippen LogP contribution in [-0.4, -0.2) is 9.97 Å². The normalized spacial score (nSPS) is 11.9. The number of hydrogen-bond donors (Lipinski definition) is 1. The van der Waals surface area contributed by atoms with Crippen molar-refractivity contribution in [2.45, 2.75) is 19.8 Å². The Labute approximate surface area is 117 Å². The van der Waals surface area contributed by atoms with Crippen LogP contribution in [0, 0.1) is 0 Å². The fourth-order valence-electron chi connectivity index (χ4n) is 2.99. The van der Waals surface area contributed by atoms with Crippen molar-refractivity contribution in [3.63, 3.8) is 0 Å². The molecule has 20 heavy (non-hydrogen) atoms. The zero-order valence-electron chi connectivity index (χ0n) is 11.6. The van der Waals surface area contributed by atoms with Crippen molar-refractivity contribution in [1.29, 1.82) is 0 Å². The van der Waals surface area contributed by atoms with Crippen LogP contribution in [0.4, 0.5) is 0 Å². The van der Waals surface area contributed by atoms with Gasteiger partial charge in [0.25, 0.3) is 0 Å². The van der Waals surface area contributed by atoms with Crippen molar-refractivity contribution in [3.05, 3.63) is 54.4 Å². The van der Waals surface area contributed by atoms with Crippen LogP contribution in [-0.2, 0) is 0 Å². The van der Waals surface area contributed by atoms with Gasteiger partial charge in [0, 0.05) is 10.8 Å². The van der Waals surface area contributed by atoms with Gasteiger partial charge in [-0.15, -0.1) is 0 Å². The van der Waals surface area contributed by atoms with Gasteiger partial charge >= 0.3 is 0 Å². The maximum absolute atomic E-state index is 4.54. The number of fused-ring (bicyclic) bond motifs is 6. The van der Waals surface area contributed by atoms with E-state index >= 15 is 0 Å². The standard InChI is InChI=1S/C18H16N2/c1-11(2)12-7-8-14-13-5-3-4-6-15(13)17-18(16(14)9-12)20-10-19-17/h3-11H,1-2H3,(H,19,20). The monoisotopic (exact) mass is 260 g/mol. The molecule has 0 radical (unpaired) electrons. The topological polar surface area (TPSA) is 28.7 Å². The summed E-state index contributed by atoms with van der Waals surface area (Å²) in [6, 6.07) is 15.3. The fraction of sp³-hybridized carbons (Fsp3) is 0.167. The van der Waals surface area contributed by atoms with Crippen LogP contribution in [0.1, 0.15) is 25.3 Å². The molecule has 4 rings (SSSR count). The van der Waals surface area contributed by atoms with E-state index in [0.717, 1.165) is 11.0 Å². The van der Waals surface area contributed by atoms with Gasteiger partial charge in [0.2, 0.25) is 0 Å². The van der Waals surface area contributed by atoms with Crippen molar-refractivity contribution in [3.8, 4) is 0 Å². The molecule has 0 unspecified atom stereocenters. The average Bonchev–Trinajstić information content (AvgIpc) is 2.96. The highest BCUT2D eigenvalue weighted by atomic mass is 14.9. The molecule has 1 N–H and O–H groups in total. The molecule has 3 aromatic carbocycles. The Morgan fingerprint density at radius 2 is 1.65 bits per heavy atom. The fourth-order valence-corrected chi connectivity index (χ4v) is 2.99. The Morgan fingerprint density at radius 3 is 2.45 bits per heavy atom. The van der Waals surface area contributed by atoms with E-state index in [9.17, 15) is 0 Å². The maximum atomic E-state index is 4.54. The number of aromatic amines is 1. The van der Waals surface area contributed by atoms with Gasteiger partial charge in [-0.05, 0) is 28.3 Å². The first-order valence-corrected chi connectivity index (χ1v) is 7.03. The van der Waals surface area contributed by atoms with Crippen LogP contribution in [0.25, 0.3) is 32.6 Å². The average molecular weight is 260 g/mol. The third-order valence-corrected chi connectivity index (χ3v) is 4.09. The van der Waals surface area contributed by atoms with E-state index in [1.54, 1.807) is 6.33 Å². The molecule has 2 heteroatoms. The Hall–Kier alpha value is -2.35. The highest BCUT2D eigenvalue weighted by molar-refractivity contribution is 6.23. The van der Waals surface area contributed by atoms with Gasteiger partial charge in [0.15, 0.2) is 0 Å². The summed E-state index contributed by atoms with van der Waals surface area (Å²) in [5.74, 6) is 0.528. The molecule has 98 valence electrons. The Morgan fingerprint density at radius 1 is 0.900 bits per heavy atom. The van der Waals surface area contributed by atoms with E-state index in [0.29, 0.717) is 5.92 Å². The summed E-state index contributed by atoms with van der Waals surface area (Å²) < 4.78 is 0. The zero-order valence-corrected chi connectivity index (χ0v) is 11.6. The first kappa shape index (κ1) is 11.5. The molecule has 0 spiro atoms. The first-order chi connectivity index (χ1) is 9.75. The zero-order chi connectivity index (χ0) is 13.7. The first-order valence-electron chi connectivity index (χ1n) is 7.03. The van der Waals surface area contributed by atoms with Crippen molar-refractivity contribution >= 4 is 32.6 Å². The molecule has 0 saturated heterocycles. The molecule has 0 atom stereocenters. The van der Waals surface area contributed by atoms with E-state index < -0.39 is 0 Å². The minimum atomic E-state index is 0.528. The van der Waals surface area contributed by atoms with Crippen molar-refractivity contribution in [1.82, 2.24) is 9.97 Å². The summed E-state index contributed by atoms with van der Waals surface area (Å²) in [5.41, 5.74) is 3.56. The molecule has 2 nitrogen and oxygen atoms in total. The second-order valence-electron chi connectivity index (χ2n) is 5.63. The predicted molar refractivity (Wildman–Crippen MR) is 85.2 cm³/mol. The smallest absolute Gasteiger partial charge is 0.0967 e. The van der Waals surface area contributed by atoms with Crippen molar-refractivity contribution < 1.29 is 0 Å². The highest BCUT2D eigenvalue weighted by Crippen LogP contribution is 2.34. The molecule has 0 aliphatic rings. The van der Waals surface area contributed by atoms with Gasteiger partial charge in [-0.3, -0.25) is 0 Å². The number of H-pyrrole nitrogens is 1. The van der Waals surface area contributed by atoms with Gasteiger partial charge in [0.1, 0.15) is 0 Å². The number of rotatable bonds is 1. The number of imidazole rings is 1. The van der Waals surface area contributed by atoms with E-state index in [-0.39, 0.29) is 0 Å². The lowest BCUT2D eigenvalue weighted by atomic mass is 9.95. The molecule has 4 aromatic rings. The van der Waals surface area contributed by atoms with Crippen LogP contribution in [0.5, 0.6) is 0 Å². The number of hydrogen-bond acceptors (Lipinski definition) is 1. The number of benzene rings is 3. The molecule has 0 fully saturated rings. The Kier molecular flexibility index (Phi) is 2.34. The Bertz CT molecular complexity index is 932. The lowest BCUT2D eigenvalue weighted by molar-refractivity contribution is 0.869. The number of nitrogens with zero attached hydrogens (tertiary/aromatic N) is 1. The Balaban J connectivity index is 2.28. The van der Waals surface area contributed by atoms with Crippen LogP contribution in [0.15, 0.2) is 48.8 Å². The third kappa shape index (κ3) is 1.48. The van der Waals surface area contributed by atoms with Gasteiger partial charge in [0.05, 0.1) is 17.4 Å². The van der Waals surface area contributed by atoms with E-state index in [1.807, 2.05) is 0 Å². The van der Waals surface area contributed by atoms with E-state index in [2.05, 4.69) is 66.3 Å². The quantitative estimate of drug-likeness (QED) is 0.480. The minimum Gasteiger partial charge on any atom is -0.344 e. The van der Waals surface area contributed by atoms with Gasteiger partial charge in [-0.2, -0.15) is 0 Å². The van der Waals surface area contributed by atoms with Crippen LogP contribution >= 0.6 is 0 Å². The summed E-state index contributed by atoms with van der Waals surface area (Å²) >= 11 is 0. The summed E-state index contributed by atoms with van der Waals surface area (Å²) in [7, 11) is 0. The lowest BCUT2D eigenvalue weighted by Gasteiger charge is -2.10. The number of aromatic nitrogens is 2. The van der Waals surface area contributed by atoms with Gasteiger partial charge in [-0.1, -0.05) is 50.2 Å². The molecular formula is C18H16N2. The summed E-state index contributed by atoms with van der Waals surface area (Å²) in [6.45, 7) is 4.45. The molecule has 1 aromatic heterocycles.